The van der Waals surface area contributed by atoms with Crippen molar-refractivity contribution in [3.63, 3.8) is 0 Å². The van der Waals surface area contributed by atoms with Crippen molar-refractivity contribution in [3.05, 3.63) is 149 Å². The summed E-state index contributed by atoms with van der Waals surface area (Å²) in [4.78, 5) is 33.5. The first kappa shape index (κ1) is 33.5. The van der Waals surface area contributed by atoms with Crippen LogP contribution in [0.25, 0.3) is 11.8 Å². The summed E-state index contributed by atoms with van der Waals surface area (Å²) in [6, 6.07) is 28.7. The molecular formula is C38H30BrN3O6S. The molecule has 6 rings (SSSR count). The minimum Gasteiger partial charge on any atom is -0.493 e. The molecule has 11 heteroatoms. The molecule has 0 saturated heterocycles. The Balaban J connectivity index is 1.50. The number of fused-ring (bicyclic) bond motifs is 1. The van der Waals surface area contributed by atoms with Crippen LogP contribution in [0.2, 0.25) is 0 Å². The van der Waals surface area contributed by atoms with Gasteiger partial charge in [-0.1, -0.05) is 78.1 Å². The van der Waals surface area contributed by atoms with Gasteiger partial charge in [-0.2, -0.15) is 5.26 Å². The lowest BCUT2D eigenvalue weighted by molar-refractivity contribution is -0.138. The van der Waals surface area contributed by atoms with E-state index >= 15 is 0 Å². The fraction of sp³-hybridized carbons (Fsp3) is 0.158. The van der Waals surface area contributed by atoms with E-state index in [-0.39, 0.29) is 24.3 Å². The Hall–Kier alpha value is -5.44. The Morgan fingerprint density at radius 3 is 2.49 bits per heavy atom. The number of rotatable bonds is 10. The Bertz CT molecular complexity index is 2310. The number of nitriles is 1. The molecule has 0 N–H and O–H groups in total. The predicted octanol–water partition coefficient (Wildman–Crippen LogP) is 6.17. The normalized spacial score (nSPS) is 14.0. The molecule has 0 saturated carbocycles. The number of aromatic nitrogens is 1. The monoisotopic (exact) mass is 735 g/mol. The van der Waals surface area contributed by atoms with Gasteiger partial charge < -0.3 is 18.9 Å². The van der Waals surface area contributed by atoms with Crippen LogP contribution < -0.4 is 29.1 Å². The number of ether oxygens (including phenoxy) is 4. The first-order chi connectivity index (χ1) is 23.9. The van der Waals surface area contributed by atoms with Gasteiger partial charge in [0, 0.05) is 16.7 Å². The molecule has 0 amide bonds. The second kappa shape index (κ2) is 14.8. The van der Waals surface area contributed by atoms with Gasteiger partial charge in [0.1, 0.15) is 18.4 Å². The van der Waals surface area contributed by atoms with E-state index in [4.69, 9.17) is 23.9 Å². The zero-order valence-electron chi connectivity index (χ0n) is 26.8. The second-order valence-corrected chi connectivity index (χ2v) is 12.6. The minimum absolute atomic E-state index is 0.135. The van der Waals surface area contributed by atoms with Gasteiger partial charge >= 0.3 is 5.97 Å². The van der Waals surface area contributed by atoms with Gasteiger partial charge in [0.15, 0.2) is 16.3 Å². The number of carbonyl (C=O) groups is 1. The maximum atomic E-state index is 14.4. The molecule has 0 bridgehead atoms. The lowest BCUT2D eigenvalue weighted by Gasteiger charge is -2.27. The van der Waals surface area contributed by atoms with Gasteiger partial charge in [0.2, 0.25) is 0 Å². The molecule has 1 aromatic heterocycles. The van der Waals surface area contributed by atoms with Gasteiger partial charge in [0.25, 0.3) is 5.56 Å². The summed E-state index contributed by atoms with van der Waals surface area (Å²) in [7, 11) is 3.05. The number of halogens is 1. The largest absolute Gasteiger partial charge is 0.493 e. The maximum Gasteiger partial charge on any atom is 0.338 e. The van der Waals surface area contributed by atoms with E-state index in [2.05, 4.69) is 22.0 Å². The smallest absolute Gasteiger partial charge is 0.338 e. The zero-order valence-corrected chi connectivity index (χ0v) is 29.2. The quantitative estimate of drug-likeness (QED) is 0.158. The highest BCUT2D eigenvalue weighted by atomic mass is 79.9. The number of hydrogen-bond donors (Lipinski definition) is 0. The fourth-order valence-electron chi connectivity index (χ4n) is 5.65. The number of para-hydroxylation sites is 1. The van der Waals surface area contributed by atoms with E-state index in [9.17, 15) is 14.9 Å². The number of nitrogens with zero attached hydrogens (tertiary/aromatic N) is 3. The number of esters is 1. The summed E-state index contributed by atoms with van der Waals surface area (Å²) in [6.07, 6.45) is 1.78. The molecular weight excluding hydrogens is 706 g/mol. The lowest BCUT2D eigenvalue weighted by atomic mass is 9.92. The van der Waals surface area contributed by atoms with E-state index < -0.39 is 12.0 Å². The first-order valence-corrected chi connectivity index (χ1v) is 16.9. The molecule has 0 fully saturated rings. The third-order valence-corrected chi connectivity index (χ3v) is 9.48. The van der Waals surface area contributed by atoms with Crippen LogP contribution in [0.3, 0.4) is 0 Å². The molecule has 49 heavy (non-hydrogen) atoms. The average molecular weight is 737 g/mol. The van der Waals surface area contributed by atoms with Crippen LogP contribution in [0.4, 0.5) is 0 Å². The van der Waals surface area contributed by atoms with E-state index in [0.717, 1.165) is 11.1 Å². The molecule has 246 valence electrons. The van der Waals surface area contributed by atoms with E-state index in [0.29, 0.717) is 53.4 Å². The summed E-state index contributed by atoms with van der Waals surface area (Å²) in [5.41, 5.74) is 3.60. The zero-order chi connectivity index (χ0) is 34.5. The van der Waals surface area contributed by atoms with Crippen LogP contribution >= 0.6 is 27.3 Å². The molecule has 9 nitrogen and oxygen atoms in total. The average Bonchev–Trinajstić information content (AvgIpc) is 3.44. The summed E-state index contributed by atoms with van der Waals surface area (Å²) < 4.78 is 25.6. The molecule has 0 unspecified atom stereocenters. The van der Waals surface area contributed by atoms with Crippen molar-refractivity contribution < 1.29 is 23.7 Å². The summed E-state index contributed by atoms with van der Waals surface area (Å²) in [5, 5.41) is 9.41. The highest BCUT2D eigenvalue weighted by Crippen LogP contribution is 2.42. The predicted molar refractivity (Wildman–Crippen MR) is 190 cm³/mol. The molecule has 2 heterocycles. The van der Waals surface area contributed by atoms with Gasteiger partial charge in [-0.15, -0.1) is 0 Å². The number of methoxy groups -OCH3 is 2. The Labute approximate surface area is 294 Å². The second-order valence-electron chi connectivity index (χ2n) is 10.8. The number of hydrogen-bond acceptors (Lipinski definition) is 9. The molecule has 4 aromatic carbocycles. The summed E-state index contributed by atoms with van der Waals surface area (Å²) >= 11 is 4.81. The van der Waals surface area contributed by atoms with Crippen LogP contribution in [0, 0.1) is 11.3 Å². The standard InChI is InChI=1S/C38H30BrN3O6S/c1-4-47-37(44)32-33(24-11-6-5-7-12-24)41-38-42(34(32)27-15-10-16-30(45-2)35(27)46-3)36(43)31(49-38)20-23-17-18-29(28(39)19-23)48-22-26-14-9-8-13-25(26)21-40/h5-20,34H,4,22H2,1-3H3/b31-20-/t34-/m1/s1. The molecule has 0 aliphatic carbocycles. The maximum absolute atomic E-state index is 14.4. The van der Waals surface area contributed by atoms with Crippen LogP contribution in [0.1, 0.15) is 40.8 Å². The van der Waals surface area contributed by atoms with E-state index in [1.807, 2.05) is 60.7 Å². The van der Waals surface area contributed by atoms with Crippen LogP contribution in [0.15, 0.2) is 111 Å². The number of thiazole rings is 1. The molecule has 0 spiro atoms. The fourth-order valence-corrected chi connectivity index (χ4v) is 7.16. The summed E-state index contributed by atoms with van der Waals surface area (Å²) in [5.74, 6) is 0.832. The van der Waals surface area contributed by atoms with Crippen LogP contribution in [0.5, 0.6) is 17.2 Å². The molecule has 1 aliphatic rings. The first-order valence-electron chi connectivity index (χ1n) is 15.3. The number of carbonyl (C=O) groups excluding carboxylic acids is 1. The van der Waals surface area contributed by atoms with Gasteiger partial charge in [-0.3, -0.25) is 9.36 Å². The van der Waals surface area contributed by atoms with Gasteiger partial charge in [-0.05, 0) is 58.8 Å². The molecule has 1 atom stereocenters. The molecule has 5 aromatic rings. The van der Waals surface area contributed by atoms with E-state index in [1.54, 1.807) is 43.3 Å². The topological polar surface area (TPSA) is 112 Å². The van der Waals surface area contributed by atoms with Crippen molar-refractivity contribution in [2.24, 2.45) is 4.99 Å². The minimum atomic E-state index is -0.934. The van der Waals surface area contributed by atoms with Gasteiger partial charge in [-0.25, -0.2) is 9.79 Å². The molecule has 1 aliphatic heterocycles. The Morgan fingerprint density at radius 2 is 1.78 bits per heavy atom. The van der Waals surface area contributed by atoms with Crippen molar-refractivity contribution in [1.82, 2.24) is 4.57 Å². The third-order valence-electron chi connectivity index (χ3n) is 7.88. The SMILES string of the molecule is CCOC(=O)C1=C(c2ccccc2)N=c2s/c(=C\c3ccc(OCc4ccccc4C#N)c(Br)c3)c(=O)n2[C@@H]1c1cccc(OC)c1OC. The van der Waals surface area contributed by atoms with Crippen molar-refractivity contribution in [2.75, 3.05) is 20.8 Å². The highest BCUT2D eigenvalue weighted by molar-refractivity contribution is 9.10. The Morgan fingerprint density at radius 1 is 1.00 bits per heavy atom. The summed E-state index contributed by atoms with van der Waals surface area (Å²) in [6.45, 7) is 2.09. The van der Waals surface area contributed by atoms with Crippen molar-refractivity contribution in [2.45, 2.75) is 19.6 Å². The van der Waals surface area contributed by atoms with Crippen LogP contribution in [-0.2, 0) is 16.1 Å². The van der Waals surface area contributed by atoms with Crippen molar-refractivity contribution in [1.29, 1.82) is 5.26 Å². The molecule has 0 radical (unpaired) electrons. The van der Waals surface area contributed by atoms with E-state index in [1.165, 1.54) is 30.1 Å². The Kier molecular flexibility index (Phi) is 10.1. The van der Waals surface area contributed by atoms with Crippen molar-refractivity contribution in [3.8, 4) is 23.3 Å². The number of benzene rings is 4. The van der Waals surface area contributed by atoms with Crippen LogP contribution in [-0.4, -0.2) is 31.4 Å². The van der Waals surface area contributed by atoms with Crippen molar-refractivity contribution >= 4 is 45.0 Å². The van der Waals surface area contributed by atoms with Gasteiger partial charge in [0.05, 0.1) is 52.7 Å². The highest BCUT2D eigenvalue weighted by Gasteiger charge is 2.37. The third kappa shape index (κ3) is 6.66. The lowest BCUT2D eigenvalue weighted by Crippen LogP contribution is -2.40.